The van der Waals surface area contributed by atoms with Crippen LogP contribution in [0.5, 0.6) is 0 Å². The first kappa shape index (κ1) is 12.3. The number of halogens is 1. The highest BCUT2D eigenvalue weighted by Gasteiger charge is 2.11. The topological polar surface area (TPSA) is 77.8 Å². The van der Waals surface area contributed by atoms with Gasteiger partial charge in [-0.05, 0) is 23.8 Å². The molecule has 2 N–H and O–H groups in total. The third kappa shape index (κ3) is 2.49. The molecule has 0 bridgehead atoms. The zero-order valence-corrected chi connectivity index (χ0v) is 10.5. The van der Waals surface area contributed by atoms with Crippen LogP contribution in [-0.2, 0) is 6.42 Å². The van der Waals surface area contributed by atoms with E-state index in [0.29, 0.717) is 29.5 Å². The average Bonchev–Trinajstić information content (AvgIpc) is 2.91. The number of rotatable bonds is 3. The normalized spacial score (nSPS) is 10.7. The fourth-order valence-electron chi connectivity index (χ4n) is 1.80. The first-order valence-electron chi connectivity index (χ1n) is 6.00. The molecule has 0 saturated carbocycles. The van der Waals surface area contributed by atoms with Gasteiger partial charge in [-0.1, -0.05) is 23.4 Å². The molecule has 0 aliphatic carbocycles. The van der Waals surface area contributed by atoms with Gasteiger partial charge in [0.1, 0.15) is 11.5 Å². The largest absolute Gasteiger partial charge is 0.398 e. The molecule has 2 aromatic heterocycles. The number of nitrogen functional groups attached to an aromatic ring is 1. The van der Waals surface area contributed by atoms with Gasteiger partial charge < -0.3 is 10.3 Å². The average molecular weight is 270 g/mol. The molecule has 2 heterocycles. The molecule has 6 heteroatoms. The predicted octanol–water partition coefficient (Wildman–Crippen LogP) is 2.44. The molecule has 0 atom stereocenters. The van der Waals surface area contributed by atoms with Gasteiger partial charge in [-0.25, -0.2) is 9.37 Å². The molecule has 0 spiro atoms. The molecule has 0 fully saturated rings. The first-order chi connectivity index (χ1) is 9.72. The van der Waals surface area contributed by atoms with Crippen molar-refractivity contribution in [2.75, 3.05) is 5.73 Å². The van der Waals surface area contributed by atoms with Crippen molar-refractivity contribution in [3.05, 3.63) is 59.9 Å². The van der Waals surface area contributed by atoms with Crippen LogP contribution in [0.3, 0.4) is 0 Å². The summed E-state index contributed by atoms with van der Waals surface area (Å²) in [6.45, 7) is 0. The van der Waals surface area contributed by atoms with Crippen molar-refractivity contribution in [3.8, 4) is 11.5 Å². The van der Waals surface area contributed by atoms with Gasteiger partial charge in [0, 0.05) is 5.69 Å². The van der Waals surface area contributed by atoms with Gasteiger partial charge in [-0.2, -0.15) is 4.98 Å². The molecule has 100 valence electrons. The Kier molecular flexibility index (Phi) is 3.12. The van der Waals surface area contributed by atoms with Crippen LogP contribution >= 0.6 is 0 Å². The minimum Gasteiger partial charge on any atom is -0.398 e. The molecular weight excluding hydrogens is 259 g/mol. The van der Waals surface area contributed by atoms with Crippen molar-refractivity contribution >= 4 is 5.69 Å². The molecule has 0 aliphatic heterocycles. The lowest BCUT2D eigenvalue weighted by Crippen LogP contribution is -1.95. The number of para-hydroxylation sites is 1. The quantitative estimate of drug-likeness (QED) is 0.739. The van der Waals surface area contributed by atoms with Crippen LogP contribution in [0.4, 0.5) is 10.1 Å². The van der Waals surface area contributed by atoms with E-state index in [9.17, 15) is 4.39 Å². The van der Waals surface area contributed by atoms with Gasteiger partial charge in [0.15, 0.2) is 0 Å². The highest BCUT2D eigenvalue weighted by molar-refractivity contribution is 5.49. The third-order valence-corrected chi connectivity index (χ3v) is 2.82. The Balaban J connectivity index is 1.84. The second kappa shape index (κ2) is 5.08. The Bertz CT molecular complexity index is 724. The van der Waals surface area contributed by atoms with Gasteiger partial charge in [0.05, 0.1) is 12.6 Å². The summed E-state index contributed by atoms with van der Waals surface area (Å²) < 4.78 is 18.0. The van der Waals surface area contributed by atoms with Crippen molar-refractivity contribution < 1.29 is 8.91 Å². The molecule has 0 amide bonds. The minimum atomic E-state index is -0.408. The van der Waals surface area contributed by atoms with E-state index < -0.39 is 5.82 Å². The van der Waals surface area contributed by atoms with E-state index in [-0.39, 0.29) is 0 Å². The number of nitrogens with zero attached hydrogens (tertiary/aromatic N) is 3. The summed E-state index contributed by atoms with van der Waals surface area (Å²) in [5.41, 5.74) is 7.90. The molecule has 1 aromatic carbocycles. The van der Waals surface area contributed by atoms with E-state index in [4.69, 9.17) is 10.3 Å². The van der Waals surface area contributed by atoms with Crippen molar-refractivity contribution in [2.24, 2.45) is 0 Å². The monoisotopic (exact) mass is 270 g/mol. The zero-order valence-electron chi connectivity index (χ0n) is 10.5. The van der Waals surface area contributed by atoms with Gasteiger partial charge >= 0.3 is 0 Å². The van der Waals surface area contributed by atoms with Crippen molar-refractivity contribution in [1.29, 1.82) is 0 Å². The van der Waals surface area contributed by atoms with Crippen LogP contribution in [-0.4, -0.2) is 15.1 Å². The number of anilines is 1. The number of pyridine rings is 1. The molecule has 0 radical (unpaired) electrons. The van der Waals surface area contributed by atoms with Crippen LogP contribution in [0.1, 0.15) is 11.5 Å². The Labute approximate surface area is 114 Å². The van der Waals surface area contributed by atoms with Gasteiger partial charge in [-0.3, -0.25) is 0 Å². The second-order valence-electron chi connectivity index (χ2n) is 4.25. The highest BCUT2D eigenvalue weighted by atomic mass is 19.1. The van der Waals surface area contributed by atoms with E-state index in [1.807, 2.05) is 24.3 Å². The molecule has 5 nitrogen and oxygen atoms in total. The molecule has 3 aromatic rings. The van der Waals surface area contributed by atoms with E-state index in [2.05, 4.69) is 15.1 Å². The number of aromatic nitrogens is 3. The summed E-state index contributed by atoms with van der Waals surface area (Å²) in [5.74, 6) is 0.355. The van der Waals surface area contributed by atoms with E-state index in [1.165, 1.54) is 12.1 Å². The molecular formula is C14H11FN4O. The molecule has 0 saturated heterocycles. The molecule has 0 aliphatic rings. The number of hydrogen-bond acceptors (Lipinski definition) is 5. The van der Waals surface area contributed by atoms with Crippen molar-refractivity contribution in [2.45, 2.75) is 6.42 Å². The lowest BCUT2D eigenvalue weighted by atomic mass is 10.1. The van der Waals surface area contributed by atoms with Crippen LogP contribution in [0.2, 0.25) is 0 Å². The zero-order chi connectivity index (χ0) is 13.9. The maximum Gasteiger partial charge on any atom is 0.231 e. The van der Waals surface area contributed by atoms with E-state index in [0.717, 1.165) is 11.8 Å². The summed E-state index contributed by atoms with van der Waals surface area (Å²) in [5, 5.41) is 3.83. The van der Waals surface area contributed by atoms with Gasteiger partial charge in [0.2, 0.25) is 11.7 Å². The van der Waals surface area contributed by atoms with Crippen molar-refractivity contribution in [1.82, 2.24) is 15.1 Å². The van der Waals surface area contributed by atoms with E-state index >= 15 is 0 Å². The summed E-state index contributed by atoms with van der Waals surface area (Å²) in [6, 6.07) is 10.3. The Morgan fingerprint density at radius 3 is 2.75 bits per heavy atom. The van der Waals surface area contributed by atoms with Crippen molar-refractivity contribution in [3.63, 3.8) is 0 Å². The fourth-order valence-corrected chi connectivity index (χ4v) is 1.80. The van der Waals surface area contributed by atoms with Crippen LogP contribution < -0.4 is 5.73 Å². The standard InChI is InChI=1S/C14H11FN4O/c15-10-5-6-12(17-8-10)14-18-13(20-19-14)7-9-3-1-2-4-11(9)16/h1-6,8H,7,16H2. The Morgan fingerprint density at radius 1 is 1.15 bits per heavy atom. The van der Waals surface area contributed by atoms with Crippen LogP contribution in [0.25, 0.3) is 11.5 Å². The lowest BCUT2D eigenvalue weighted by molar-refractivity contribution is 0.385. The Hall–Kier alpha value is -2.76. The van der Waals surface area contributed by atoms with Gasteiger partial charge in [-0.15, -0.1) is 0 Å². The number of hydrogen-bond donors (Lipinski definition) is 1. The second-order valence-corrected chi connectivity index (χ2v) is 4.25. The first-order valence-corrected chi connectivity index (χ1v) is 6.00. The fraction of sp³-hybridized carbons (Fsp3) is 0.0714. The summed E-state index contributed by atoms with van der Waals surface area (Å²) >= 11 is 0. The number of benzene rings is 1. The minimum absolute atomic E-state index is 0.328. The summed E-state index contributed by atoms with van der Waals surface area (Å²) in [7, 11) is 0. The highest BCUT2D eigenvalue weighted by Crippen LogP contribution is 2.18. The maximum atomic E-state index is 12.8. The predicted molar refractivity (Wildman–Crippen MR) is 71.1 cm³/mol. The maximum absolute atomic E-state index is 12.8. The third-order valence-electron chi connectivity index (χ3n) is 2.82. The smallest absolute Gasteiger partial charge is 0.231 e. The lowest BCUT2D eigenvalue weighted by Gasteiger charge is -2.00. The summed E-state index contributed by atoms with van der Waals surface area (Å²) in [4.78, 5) is 8.13. The van der Waals surface area contributed by atoms with Crippen LogP contribution in [0, 0.1) is 5.82 Å². The van der Waals surface area contributed by atoms with E-state index in [1.54, 1.807) is 0 Å². The molecule has 20 heavy (non-hydrogen) atoms. The Morgan fingerprint density at radius 2 is 2.00 bits per heavy atom. The summed E-state index contributed by atoms with van der Waals surface area (Å²) in [6.07, 6.45) is 1.56. The van der Waals surface area contributed by atoms with Crippen LogP contribution in [0.15, 0.2) is 47.1 Å². The SMILES string of the molecule is Nc1ccccc1Cc1nc(-c2ccc(F)cn2)no1. The molecule has 0 unspecified atom stereocenters. The number of nitrogens with two attached hydrogens (primary N) is 1. The molecule has 3 rings (SSSR count). The van der Waals surface area contributed by atoms with Gasteiger partial charge in [0.25, 0.3) is 0 Å².